The number of amides is 1. The first-order chi connectivity index (χ1) is 11.7. The molecule has 1 aliphatic carbocycles. The van der Waals surface area contributed by atoms with Gasteiger partial charge in [0, 0.05) is 11.3 Å². The van der Waals surface area contributed by atoms with Crippen molar-refractivity contribution in [3.8, 4) is 0 Å². The zero-order valence-electron chi connectivity index (χ0n) is 13.5. The van der Waals surface area contributed by atoms with Crippen LogP contribution >= 0.6 is 0 Å². The maximum atomic E-state index is 15.2. The number of anilines is 1. The number of carbonyl (C=O) groups excluding carboxylic acids is 1. The third-order valence-corrected chi connectivity index (χ3v) is 4.83. The van der Waals surface area contributed by atoms with Crippen LogP contribution in [-0.2, 0) is 16.6 Å². The van der Waals surface area contributed by atoms with Crippen molar-refractivity contribution in [2.24, 2.45) is 0 Å². The van der Waals surface area contributed by atoms with Gasteiger partial charge in [-0.2, -0.15) is 13.2 Å². The maximum Gasteiger partial charge on any atom is 0.416 e. The summed E-state index contributed by atoms with van der Waals surface area (Å²) < 4.78 is 60.6. The highest BCUT2D eigenvalue weighted by atomic mass is 19.4. The Balaban J connectivity index is 2.00. The van der Waals surface area contributed by atoms with Crippen LogP contribution in [0.5, 0.6) is 0 Å². The van der Waals surface area contributed by atoms with Crippen molar-refractivity contribution in [2.75, 3.05) is 18.1 Å². The summed E-state index contributed by atoms with van der Waals surface area (Å²) in [5.41, 5.74) is -3.44. The fraction of sp³-hybridized carbons (Fsp3) is 0.588. The molecule has 0 unspecified atom stereocenters. The molecule has 3 rings (SSSR count). The van der Waals surface area contributed by atoms with Gasteiger partial charge in [0.05, 0.1) is 18.7 Å². The molecular weight excluding hydrogens is 342 g/mol. The summed E-state index contributed by atoms with van der Waals surface area (Å²) >= 11 is 0. The van der Waals surface area contributed by atoms with E-state index < -0.39 is 36.2 Å². The summed E-state index contributed by atoms with van der Waals surface area (Å²) in [5.74, 6) is 0. The third-order valence-electron chi connectivity index (χ3n) is 4.83. The molecule has 1 N–H and O–H groups in total. The summed E-state index contributed by atoms with van der Waals surface area (Å²) in [5, 5.41) is 9.05. The topological polar surface area (TPSA) is 49.8 Å². The molecule has 0 spiro atoms. The van der Waals surface area contributed by atoms with Crippen LogP contribution in [0.3, 0.4) is 0 Å². The lowest BCUT2D eigenvalue weighted by molar-refractivity contribution is -0.140. The molecular formula is C17H19F4NO3. The molecule has 1 heterocycles. The zero-order valence-corrected chi connectivity index (χ0v) is 13.5. The largest absolute Gasteiger partial charge is 0.441 e. The zero-order chi connectivity index (χ0) is 18.2. The van der Waals surface area contributed by atoms with Crippen LogP contribution in [0.2, 0.25) is 0 Å². The van der Waals surface area contributed by atoms with Crippen molar-refractivity contribution in [3.63, 3.8) is 0 Å². The molecule has 138 valence electrons. The van der Waals surface area contributed by atoms with Crippen molar-refractivity contribution in [1.82, 2.24) is 0 Å². The predicted molar refractivity (Wildman–Crippen MR) is 82.0 cm³/mol. The van der Waals surface area contributed by atoms with Gasteiger partial charge in [-0.1, -0.05) is 12.5 Å². The lowest BCUT2D eigenvalue weighted by Gasteiger charge is -2.32. The van der Waals surface area contributed by atoms with Crippen LogP contribution in [0.1, 0.15) is 43.2 Å². The molecule has 0 bridgehead atoms. The molecule has 25 heavy (non-hydrogen) atoms. The lowest BCUT2D eigenvalue weighted by atomic mass is 9.79. The monoisotopic (exact) mass is 361 g/mol. The van der Waals surface area contributed by atoms with Crippen molar-refractivity contribution < 1.29 is 32.2 Å². The van der Waals surface area contributed by atoms with E-state index in [0.29, 0.717) is 12.8 Å². The first kappa shape index (κ1) is 18.0. The number of hydrogen-bond acceptors (Lipinski definition) is 3. The highest BCUT2D eigenvalue weighted by molar-refractivity contribution is 5.90. The van der Waals surface area contributed by atoms with Crippen LogP contribution in [0, 0.1) is 0 Å². The number of benzene rings is 1. The average Bonchev–Trinajstić information content (AvgIpc) is 2.95. The Morgan fingerprint density at radius 2 is 1.92 bits per heavy atom. The van der Waals surface area contributed by atoms with Gasteiger partial charge in [-0.25, -0.2) is 9.18 Å². The smallest absolute Gasteiger partial charge is 0.416 e. The minimum Gasteiger partial charge on any atom is -0.441 e. The Morgan fingerprint density at radius 3 is 2.48 bits per heavy atom. The lowest BCUT2D eigenvalue weighted by Crippen LogP contribution is -2.29. The summed E-state index contributed by atoms with van der Waals surface area (Å²) in [6.07, 6.45) is -4.31. The van der Waals surface area contributed by atoms with E-state index in [4.69, 9.17) is 9.84 Å². The van der Waals surface area contributed by atoms with E-state index in [1.807, 2.05) is 0 Å². The van der Waals surface area contributed by atoms with Crippen molar-refractivity contribution >= 4 is 11.8 Å². The fourth-order valence-corrected chi connectivity index (χ4v) is 3.53. The number of hydrogen-bond donors (Lipinski definition) is 1. The van der Waals surface area contributed by atoms with E-state index in [-0.39, 0.29) is 30.6 Å². The van der Waals surface area contributed by atoms with Gasteiger partial charge in [-0.3, -0.25) is 4.90 Å². The normalized spacial score (nSPS) is 23.6. The van der Waals surface area contributed by atoms with Crippen LogP contribution in [0.15, 0.2) is 18.2 Å². The van der Waals surface area contributed by atoms with Crippen LogP contribution < -0.4 is 4.90 Å². The van der Waals surface area contributed by atoms with Gasteiger partial charge in [-0.15, -0.1) is 0 Å². The van der Waals surface area contributed by atoms with Gasteiger partial charge in [0.2, 0.25) is 0 Å². The van der Waals surface area contributed by atoms with E-state index in [0.717, 1.165) is 23.5 Å². The van der Waals surface area contributed by atoms with Crippen LogP contribution in [0.25, 0.3) is 0 Å². The second-order valence-corrected chi connectivity index (χ2v) is 6.55. The van der Waals surface area contributed by atoms with Crippen molar-refractivity contribution in [2.45, 2.75) is 50.1 Å². The van der Waals surface area contributed by atoms with Crippen molar-refractivity contribution in [1.29, 1.82) is 0 Å². The maximum absolute atomic E-state index is 15.2. The van der Waals surface area contributed by atoms with E-state index in [9.17, 15) is 18.0 Å². The molecule has 1 amide bonds. The van der Waals surface area contributed by atoms with Gasteiger partial charge < -0.3 is 9.84 Å². The molecule has 1 saturated carbocycles. The summed E-state index contributed by atoms with van der Waals surface area (Å²) in [7, 11) is 0. The number of carbonyl (C=O) groups is 1. The summed E-state index contributed by atoms with van der Waals surface area (Å²) in [4.78, 5) is 12.8. The van der Waals surface area contributed by atoms with Gasteiger partial charge in [0.25, 0.3) is 0 Å². The van der Waals surface area contributed by atoms with Crippen LogP contribution in [0.4, 0.5) is 28.0 Å². The minimum absolute atomic E-state index is 0.0172. The van der Waals surface area contributed by atoms with E-state index in [1.165, 1.54) is 6.07 Å². The first-order valence-corrected chi connectivity index (χ1v) is 8.24. The molecule has 8 heteroatoms. The number of cyclic esters (lactones) is 1. The third kappa shape index (κ3) is 3.44. The van der Waals surface area contributed by atoms with Gasteiger partial charge in [0.1, 0.15) is 11.8 Å². The van der Waals surface area contributed by atoms with Crippen LogP contribution in [-0.4, -0.2) is 30.5 Å². The molecule has 0 aromatic heterocycles. The first-order valence-electron chi connectivity index (χ1n) is 8.24. The van der Waals surface area contributed by atoms with E-state index in [1.54, 1.807) is 0 Å². The van der Waals surface area contributed by atoms with E-state index >= 15 is 4.39 Å². The average molecular weight is 361 g/mol. The molecule has 1 atom stereocenters. The fourth-order valence-electron chi connectivity index (χ4n) is 3.53. The summed E-state index contributed by atoms with van der Waals surface area (Å²) in [6, 6.07) is 3.23. The quantitative estimate of drug-likeness (QED) is 0.823. The Bertz CT molecular complexity index is 656. The molecule has 0 radical (unpaired) electrons. The molecule has 2 aliphatic rings. The number of ether oxygens (including phenoxy) is 1. The Kier molecular flexibility index (Phi) is 4.66. The number of nitrogens with zero attached hydrogens (tertiary/aromatic N) is 1. The molecule has 4 nitrogen and oxygen atoms in total. The van der Waals surface area contributed by atoms with E-state index in [2.05, 4.69) is 0 Å². The number of halogens is 4. The SMILES string of the molecule is O=C1O[C@@H](CO)CN1c1ccc(C2(F)CCCCC2)c(C(F)(F)F)c1. The number of aliphatic hydroxyl groups is 1. The molecule has 2 fully saturated rings. The molecule has 1 aromatic carbocycles. The Hall–Kier alpha value is -1.83. The molecule has 1 aromatic rings. The number of aliphatic hydroxyl groups excluding tert-OH is 1. The molecule has 1 saturated heterocycles. The minimum atomic E-state index is -4.73. The highest BCUT2D eigenvalue weighted by Gasteiger charge is 2.43. The second kappa shape index (κ2) is 6.48. The standard InChI is InChI=1S/C17H19F4NO3/c18-16(6-2-1-3-7-16)13-5-4-11(8-14(13)17(19,20)21)22-9-12(10-23)25-15(22)24/h4-5,8,12,23H,1-3,6-7,9-10H2/t12-/m1/s1. The Labute approximate surface area is 142 Å². The number of rotatable bonds is 3. The summed E-state index contributed by atoms with van der Waals surface area (Å²) in [6.45, 7) is -0.465. The highest BCUT2D eigenvalue weighted by Crippen LogP contribution is 2.47. The van der Waals surface area contributed by atoms with Gasteiger partial charge >= 0.3 is 12.3 Å². The second-order valence-electron chi connectivity index (χ2n) is 6.55. The molecule has 1 aliphatic heterocycles. The van der Waals surface area contributed by atoms with Gasteiger partial charge in [0.15, 0.2) is 0 Å². The number of alkyl halides is 4. The Morgan fingerprint density at radius 1 is 1.24 bits per heavy atom. The van der Waals surface area contributed by atoms with Gasteiger partial charge in [-0.05, 0) is 37.8 Å². The predicted octanol–water partition coefficient (Wildman–Crippen LogP) is 4.15. The van der Waals surface area contributed by atoms with Crippen molar-refractivity contribution in [3.05, 3.63) is 29.3 Å².